The molecule has 1 aliphatic carbocycles. The lowest BCUT2D eigenvalue weighted by atomic mass is 9.69. The predicted molar refractivity (Wildman–Crippen MR) is 115 cm³/mol. The number of halogens is 2. The summed E-state index contributed by atoms with van der Waals surface area (Å²) in [4.78, 5) is 28.3. The lowest BCUT2D eigenvalue weighted by Crippen LogP contribution is -2.43. The molecular formula is C23H21BrClNO2. The van der Waals surface area contributed by atoms with Gasteiger partial charge in [-0.25, -0.2) is 0 Å². The predicted octanol–water partition coefficient (Wildman–Crippen LogP) is 6.27. The maximum absolute atomic E-state index is 13.3. The van der Waals surface area contributed by atoms with Crippen LogP contribution >= 0.6 is 27.5 Å². The van der Waals surface area contributed by atoms with E-state index in [-0.39, 0.29) is 29.4 Å². The molecule has 0 bridgehead atoms. The number of allylic oxidation sites excluding steroid dienone is 2. The molecule has 2 aromatic carbocycles. The van der Waals surface area contributed by atoms with Crippen molar-refractivity contribution < 1.29 is 9.59 Å². The van der Waals surface area contributed by atoms with E-state index in [2.05, 4.69) is 29.8 Å². The Morgan fingerprint density at radius 1 is 1.04 bits per heavy atom. The number of ketones is 1. The molecule has 1 aliphatic heterocycles. The van der Waals surface area contributed by atoms with Crippen LogP contribution in [0.15, 0.2) is 64.3 Å². The molecule has 144 valence electrons. The zero-order chi connectivity index (χ0) is 20.1. The molecule has 1 atom stereocenters. The fourth-order valence-corrected chi connectivity index (χ4v) is 5.02. The molecule has 1 amide bonds. The number of amides is 1. The number of carbonyl (C=O) groups is 2. The molecule has 2 aliphatic rings. The van der Waals surface area contributed by atoms with Crippen LogP contribution in [0.5, 0.6) is 0 Å². The van der Waals surface area contributed by atoms with E-state index in [4.69, 9.17) is 11.6 Å². The van der Waals surface area contributed by atoms with Crippen LogP contribution in [0.25, 0.3) is 0 Å². The van der Waals surface area contributed by atoms with Crippen LogP contribution in [0.4, 0.5) is 5.69 Å². The lowest BCUT2D eigenvalue weighted by Gasteiger charge is -2.43. The van der Waals surface area contributed by atoms with Crippen LogP contribution < -0.4 is 4.90 Å². The highest BCUT2D eigenvalue weighted by molar-refractivity contribution is 9.10. The average molecular weight is 459 g/mol. The molecule has 1 unspecified atom stereocenters. The molecular weight excluding hydrogens is 438 g/mol. The molecule has 4 rings (SSSR count). The first-order valence-corrected chi connectivity index (χ1v) is 10.5. The molecule has 0 aromatic heterocycles. The second-order valence-corrected chi connectivity index (χ2v) is 9.58. The van der Waals surface area contributed by atoms with Crippen molar-refractivity contribution in [2.75, 3.05) is 4.90 Å². The highest BCUT2D eigenvalue weighted by atomic mass is 79.9. The Labute approximate surface area is 178 Å². The Kier molecular flexibility index (Phi) is 4.96. The van der Waals surface area contributed by atoms with Gasteiger partial charge in [0, 0.05) is 45.2 Å². The van der Waals surface area contributed by atoms with E-state index < -0.39 is 0 Å². The van der Waals surface area contributed by atoms with Crippen molar-refractivity contribution in [3.05, 3.63) is 74.9 Å². The number of nitrogens with zero attached hydrogens (tertiary/aromatic N) is 1. The summed E-state index contributed by atoms with van der Waals surface area (Å²) in [5.74, 6) is -0.0731. The van der Waals surface area contributed by atoms with Crippen LogP contribution in [0.3, 0.4) is 0 Å². The summed E-state index contributed by atoms with van der Waals surface area (Å²) >= 11 is 9.64. The molecule has 3 nitrogen and oxygen atoms in total. The van der Waals surface area contributed by atoms with Gasteiger partial charge in [-0.1, -0.05) is 59.6 Å². The number of benzene rings is 2. The Bertz CT molecular complexity index is 994. The maximum Gasteiger partial charge on any atom is 0.232 e. The molecule has 2 aromatic rings. The van der Waals surface area contributed by atoms with Gasteiger partial charge in [-0.05, 0) is 47.7 Å². The number of anilines is 1. The third-order valence-electron chi connectivity index (χ3n) is 5.51. The minimum atomic E-state index is -0.217. The van der Waals surface area contributed by atoms with Gasteiger partial charge in [-0.15, -0.1) is 0 Å². The molecule has 0 fully saturated rings. The van der Waals surface area contributed by atoms with Crippen LogP contribution in [0.1, 0.15) is 44.6 Å². The smallest absolute Gasteiger partial charge is 0.232 e. The second kappa shape index (κ2) is 7.16. The average Bonchev–Trinajstić information content (AvgIpc) is 2.61. The molecule has 28 heavy (non-hydrogen) atoms. The van der Waals surface area contributed by atoms with E-state index >= 15 is 0 Å². The van der Waals surface area contributed by atoms with Gasteiger partial charge in [0.2, 0.25) is 5.91 Å². The molecule has 0 saturated carbocycles. The summed E-state index contributed by atoms with van der Waals surface area (Å²) in [6.07, 6.45) is 1.45. The van der Waals surface area contributed by atoms with E-state index in [1.54, 1.807) is 17.0 Å². The highest BCUT2D eigenvalue weighted by Crippen LogP contribution is 2.49. The van der Waals surface area contributed by atoms with Gasteiger partial charge in [-0.2, -0.15) is 0 Å². The SMILES string of the molecule is CC1(C)CC(=O)C2=C(C1)N(c1ccc(Cl)cc1)C(=O)CC2c1ccccc1Br. The van der Waals surface area contributed by atoms with Crippen molar-refractivity contribution in [2.45, 2.75) is 39.0 Å². The minimum Gasteiger partial charge on any atom is -0.294 e. The number of hydrogen-bond donors (Lipinski definition) is 0. The highest BCUT2D eigenvalue weighted by Gasteiger charge is 2.44. The van der Waals surface area contributed by atoms with Gasteiger partial charge in [0.15, 0.2) is 5.78 Å². The summed E-state index contributed by atoms with van der Waals surface area (Å²) in [5.41, 5.74) is 3.18. The number of rotatable bonds is 2. The molecule has 0 spiro atoms. The van der Waals surface area contributed by atoms with Crippen LogP contribution in [0.2, 0.25) is 5.02 Å². The Balaban J connectivity index is 1.91. The van der Waals surface area contributed by atoms with Gasteiger partial charge in [0.25, 0.3) is 0 Å². The van der Waals surface area contributed by atoms with Crippen molar-refractivity contribution >= 4 is 44.9 Å². The summed E-state index contributed by atoms with van der Waals surface area (Å²) in [6.45, 7) is 4.17. The minimum absolute atomic E-state index is 0.00678. The van der Waals surface area contributed by atoms with Gasteiger partial charge >= 0.3 is 0 Å². The van der Waals surface area contributed by atoms with E-state index in [9.17, 15) is 9.59 Å². The standard InChI is InChI=1S/C23H21BrClNO2/c1-23(2)12-19-22(20(27)13-23)17(16-5-3-4-6-18(16)24)11-21(28)26(19)15-9-7-14(25)8-10-15/h3-10,17H,11-13H2,1-2H3. The molecule has 0 saturated heterocycles. The number of hydrogen-bond acceptors (Lipinski definition) is 2. The van der Waals surface area contributed by atoms with Crippen LogP contribution in [-0.2, 0) is 9.59 Å². The molecule has 1 heterocycles. The van der Waals surface area contributed by atoms with Crippen molar-refractivity contribution in [1.29, 1.82) is 0 Å². The maximum atomic E-state index is 13.3. The fraction of sp³-hybridized carbons (Fsp3) is 0.304. The van der Waals surface area contributed by atoms with Gasteiger partial charge in [-0.3, -0.25) is 14.5 Å². The van der Waals surface area contributed by atoms with Crippen LogP contribution in [0, 0.1) is 5.41 Å². The van der Waals surface area contributed by atoms with Gasteiger partial charge in [0.05, 0.1) is 0 Å². The third-order valence-corrected chi connectivity index (χ3v) is 6.48. The zero-order valence-corrected chi connectivity index (χ0v) is 18.2. The van der Waals surface area contributed by atoms with Crippen molar-refractivity contribution in [2.24, 2.45) is 5.41 Å². The molecule has 0 N–H and O–H groups in total. The second-order valence-electron chi connectivity index (χ2n) is 8.29. The zero-order valence-electron chi connectivity index (χ0n) is 15.8. The van der Waals surface area contributed by atoms with Gasteiger partial charge < -0.3 is 0 Å². The Hall–Kier alpha value is -1.91. The Morgan fingerprint density at radius 3 is 2.39 bits per heavy atom. The van der Waals surface area contributed by atoms with Crippen molar-refractivity contribution in [1.82, 2.24) is 0 Å². The molecule has 0 radical (unpaired) electrons. The summed E-state index contributed by atoms with van der Waals surface area (Å²) in [6, 6.07) is 15.1. The molecule has 5 heteroatoms. The summed E-state index contributed by atoms with van der Waals surface area (Å²) < 4.78 is 0.928. The summed E-state index contributed by atoms with van der Waals surface area (Å²) in [7, 11) is 0. The fourth-order valence-electron chi connectivity index (χ4n) is 4.33. The first-order chi connectivity index (χ1) is 13.3. The lowest BCUT2D eigenvalue weighted by molar-refractivity contribution is -0.121. The largest absolute Gasteiger partial charge is 0.294 e. The van der Waals surface area contributed by atoms with Crippen LogP contribution in [-0.4, -0.2) is 11.7 Å². The van der Waals surface area contributed by atoms with Crippen molar-refractivity contribution in [3.8, 4) is 0 Å². The van der Waals surface area contributed by atoms with E-state index in [1.807, 2.05) is 36.4 Å². The van der Waals surface area contributed by atoms with Gasteiger partial charge in [0.1, 0.15) is 0 Å². The first kappa shape index (κ1) is 19.4. The van der Waals surface area contributed by atoms with E-state index in [0.717, 1.165) is 27.0 Å². The van der Waals surface area contributed by atoms with Crippen molar-refractivity contribution in [3.63, 3.8) is 0 Å². The van der Waals surface area contributed by atoms with E-state index in [0.29, 0.717) is 17.9 Å². The quantitative estimate of drug-likeness (QED) is 0.532. The normalized spacial score (nSPS) is 21.7. The summed E-state index contributed by atoms with van der Waals surface area (Å²) in [5, 5.41) is 0.619. The van der Waals surface area contributed by atoms with E-state index in [1.165, 1.54) is 0 Å². The number of Topliss-reactive ketones (excluding diaryl/α,β-unsaturated/α-hetero) is 1. The monoisotopic (exact) mass is 457 g/mol. The topological polar surface area (TPSA) is 37.4 Å². The first-order valence-electron chi connectivity index (χ1n) is 9.36. The number of carbonyl (C=O) groups excluding carboxylic acids is 2. The Morgan fingerprint density at radius 2 is 1.71 bits per heavy atom. The third kappa shape index (κ3) is 3.44.